The van der Waals surface area contributed by atoms with Crippen molar-refractivity contribution in [2.45, 2.75) is 26.2 Å². The first-order valence-electron chi connectivity index (χ1n) is 5.11. The molecule has 1 heterocycles. The van der Waals surface area contributed by atoms with Crippen molar-refractivity contribution in [3.63, 3.8) is 0 Å². The summed E-state index contributed by atoms with van der Waals surface area (Å²) in [5, 5.41) is 0. The van der Waals surface area contributed by atoms with E-state index in [1.54, 1.807) is 4.90 Å². The van der Waals surface area contributed by atoms with Gasteiger partial charge < -0.3 is 9.64 Å². The van der Waals surface area contributed by atoms with Gasteiger partial charge in [0.05, 0.1) is 19.6 Å². The molecule has 1 amide bonds. The van der Waals surface area contributed by atoms with E-state index in [-0.39, 0.29) is 11.7 Å². The van der Waals surface area contributed by atoms with Gasteiger partial charge in [0.15, 0.2) is 5.78 Å². The minimum Gasteiger partial charge on any atom is -0.381 e. The summed E-state index contributed by atoms with van der Waals surface area (Å²) in [5.41, 5.74) is 0. The van der Waals surface area contributed by atoms with Gasteiger partial charge in [0.2, 0.25) is 5.91 Å². The Bertz CT molecular complexity index is 215. The van der Waals surface area contributed by atoms with Crippen LogP contribution in [-0.4, -0.2) is 42.9 Å². The zero-order chi connectivity index (χ0) is 10.4. The Labute approximate surface area is 84.2 Å². The summed E-state index contributed by atoms with van der Waals surface area (Å²) in [7, 11) is 0. The molecular weight excluding hydrogens is 182 g/mol. The highest BCUT2D eigenvalue weighted by molar-refractivity contribution is 5.87. The van der Waals surface area contributed by atoms with E-state index in [4.69, 9.17) is 4.74 Å². The Hall–Kier alpha value is -0.900. The first kappa shape index (κ1) is 11.2. The second kappa shape index (κ2) is 5.75. The van der Waals surface area contributed by atoms with Crippen molar-refractivity contribution in [3.8, 4) is 0 Å². The van der Waals surface area contributed by atoms with Crippen LogP contribution in [0.25, 0.3) is 0 Å². The zero-order valence-corrected chi connectivity index (χ0v) is 8.62. The molecule has 0 atom stereocenters. The Morgan fingerprint density at radius 3 is 3.00 bits per heavy atom. The third-order valence-corrected chi connectivity index (χ3v) is 2.27. The highest BCUT2D eigenvalue weighted by Gasteiger charge is 2.20. The van der Waals surface area contributed by atoms with Crippen LogP contribution in [0.3, 0.4) is 0 Å². The van der Waals surface area contributed by atoms with Crippen LogP contribution in [0, 0.1) is 0 Å². The number of carbonyl (C=O) groups is 2. The summed E-state index contributed by atoms with van der Waals surface area (Å²) in [6, 6.07) is 0. The van der Waals surface area contributed by atoms with E-state index in [9.17, 15) is 9.59 Å². The maximum absolute atomic E-state index is 11.5. The summed E-state index contributed by atoms with van der Waals surface area (Å²) >= 11 is 0. The molecule has 14 heavy (non-hydrogen) atoms. The van der Waals surface area contributed by atoms with Gasteiger partial charge in [0, 0.05) is 19.6 Å². The van der Waals surface area contributed by atoms with E-state index in [1.807, 2.05) is 6.92 Å². The van der Waals surface area contributed by atoms with E-state index in [0.717, 1.165) is 13.0 Å². The van der Waals surface area contributed by atoms with Gasteiger partial charge in [-0.2, -0.15) is 0 Å². The highest BCUT2D eigenvalue weighted by Crippen LogP contribution is 2.07. The quantitative estimate of drug-likeness (QED) is 0.623. The van der Waals surface area contributed by atoms with E-state index >= 15 is 0 Å². The Balaban J connectivity index is 2.25. The summed E-state index contributed by atoms with van der Waals surface area (Å²) in [5.74, 6) is 0.201. The third kappa shape index (κ3) is 3.46. The molecular formula is C10H17NO3. The van der Waals surface area contributed by atoms with Gasteiger partial charge in [-0.1, -0.05) is 0 Å². The predicted molar refractivity (Wildman–Crippen MR) is 51.9 cm³/mol. The Morgan fingerprint density at radius 1 is 1.57 bits per heavy atom. The Morgan fingerprint density at radius 2 is 2.36 bits per heavy atom. The number of hydrogen-bond donors (Lipinski definition) is 0. The number of ether oxygens (including phenoxy) is 1. The van der Waals surface area contributed by atoms with Crippen LogP contribution in [0.1, 0.15) is 26.2 Å². The van der Waals surface area contributed by atoms with Crippen molar-refractivity contribution >= 4 is 11.7 Å². The van der Waals surface area contributed by atoms with Crippen molar-refractivity contribution in [2.24, 2.45) is 0 Å². The van der Waals surface area contributed by atoms with Gasteiger partial charge in [-0.15, -0.1) is 0 Å². The number of Topliss-reactive ketones (excluding diaryl/α,β-unsaturated/α-hetero) is 1. The fraction of sp³-hybridized carbons (Fsp3) is 0.800. The Kier molecular flexibility index (Phi) is 4.59. The SMILES string of the molecule is CCOCCC(=O)N1CCCC(=O)C1. The number of nitrogens with zero attached hydrogens (tertiary/aromatic N) is 1. The van der Waals surface area contributed by atoms with Crippen LogP contribution < -0.4 is 0 Å². The molecule has 0 radical (unpaired) electrons. The minimum absolute atomic E-state index is 0.0338. The van der Waals surface area contributed by atoms with E-state index in [2.05, 4.69) is 0 Å². The number of hydrogen-bond acceptors (Lipinski definition) is 3. The molecule has 1 saturated heterocycles. The number of piperidine rings is 1. The zero-order valence-electron chi connectivity index (χ0n) is 8.62. The second-order valence-electron chi connectivity index (χ2n) is 3.40. The van der Waals surface area contributed by atoms with Gasteiger partial charge >= 0.3 is 0 Å². The maximum atomic E-state index is 11.5. The molecule has 80 valence electrons. The maximum Gasteiger partial charge on any atom is 0.225 e. The summed E-state index contributed by atoms with van der Waals surface area (Å²) in [4.78, 5) is 24.2. The lowest BCUT2D eigenvalue weighted by Crippen LogP contribution is -2.40. The molecule has 1 aliphatic rings. The fourth-order valence-electron chi connectivity index (χ4n) is 1.51. The summed E-state index contributed by atoms with van der Waals surface area (Å²) in [6.45, 7) is 4.00. The van der Waals surface area contributed by atoms with Crippen molar-refractivity contribution < 1.29 is 14.3 Å². The lowest BCUT2D eigenvalue weighted by molar-refractivity contribution is -0.138. The van der Waals surface area contributed by atoms with Gasteiger partial charge in [0.25, 0.3) is 0 Å². The van der Waals surface area contributed by atoms with Crippen molar-refractivity contribution in [1.82, 2.24) is 4.90 Å². The molecule has 0 aliphatic carbocycles. The number of likely N-dealkylation sites (tertiary alicyclic amines) is 1. The molecule has 1 rings (SSSR count). The molecule has 4 heteroatoms. The van der Waals surface area contributed by atoms with E-state index in [1.165, 1.54) is 0 Å². The molecule has 0 aromatic carbocycles. The van der Waals surface area contributed by atoms with E-state index in [0.29, 0.717) is 32.6 Å². The van der Waals surface area contributed by atoms with Crippen molar-refractivity contribution in [2.75, 3.05) is 26.3 Å². The smallest absolute Gasteiger partial charge is 0.225 e. The average Bonchev–Trinajstić information content (AvgIpc) is 2.18. The van der Waals surface area contributed by atoms with Crippen LogP contribution in [0.5, 0.6) is 0 Å². The normalized spacial score (nSPS) is 17.2. The summed E-state index contributed by atoms with van der Waals surface area (Å²) in [6.07, 6.45) is 1.82. The summed E-state index contributed by atoms with van der Waals surface area (Å²) < 4.78 is 5.09. The molecule has 1 aliphatic heterocycles. The molecule has 0 aromatic rings. The van der Waals surface area contributed by atoms with Crippen molar-refractivity contribution in [3.05, 3.63) is 0 Å². The molecule has 4 nitrogen and oxygen atoms in total. The van der Waals surface area contributed by atoms with Crippen LogP contribution in [0.2, 0.25) is 0 Å². The van der Waals surface area contributed by atoms with Gasteiger partial charge in [0.1, 0.15) is 0 Å². The molecule has 0 saturated carbocycles. The molecule has 0 spiro atoms. The standard InChI is InChI=1S/C10H17NO3/c1-2-14-7-5-10(13)11-6-3-4-9(12)8-11/h2-8H2,1H3. The third-order valence-electron chi connectivity index (χ3n) is 2.27. The molecule has 1 fully saturated rings. The van der Waals surface area contributed by atoms with Crippen molar-refractivity contribution in [1.29, 1.82) is 0 Å². The number of amides is 1. The topological polar surface area (TPSA) is 46.6 Å². The van der Waals surface area contributed by atoms with Crippen LogP contribution in [0.15, 0.2) is 0 Å². The molecule has 0 N–H and O–H groups in total. The molecule has 0 aromatic heterocycles. The van der Waals surface area contributed by atoms with E-state index < -0.39 is 0 Å². The van der Waals surface area contributed by atoms with Crippen LogP contribution in [-0.2, 0) is 14.3 Å². The van der Waals surface area contributed by atoms with Gasteiger partial charge in [-0.05, 0) is 13.3 Å². The molecule has 0 bridgehead atoms. The first-order chi connectivity index (χ1) is 6.74. The minimum atomic E-state index is 0.0338. The van der Waals surface area contributed by atoms with Crippen LogP contribution in [0.4, 0.5) is 0 Å². The lowest BCUT2D eigenvalue weighted by Gasteiger charge is -2.25. The van der Waals surface area contributed by atoms with Gasteiger partial charge in [-0.3, -0.25) is 9.59 Å². The molecule has 0 unspecified atom stereocenters. The highest BCUT2D eigenvalue weighted by atomic mass is 16.5. The van der Waals surface area contributed by atoms with Crippen LogP contribution >= 0.6 is 0 Å². The van der Waals surface area contributed by atoms with Gasteiger partial charge in [-0.25, -0.2) is 0 Å². The monoisotopic (exact) mass is 199 g/mol. The number of carbonyl (C=O) groups excluding carboxylic acids is 2. The lowest BCUT2D eigenvalue weighted by atomic mass is 10.1. The first-order valence-corrected chi connectivity index (χ1v) is 5.11. The average molecular weight is 199 g/mol. The number of rotatable bonds is 4. The number of ketones is 1. The predicted octanol–water partition coefficient (Wildman–Crippen LogP) is 0.605. The second-order valence-corrected chi connectivity index (χ2v) is 3.40. The fourth-order valence-corrected chi connectivity index (χ4v) is 1.51. The largest absolute Gasteiger partial charge is 0.381 e.